The minimum atomic E-state index is 0.744. The Morgan fingerprint density at radius 3 is 2.53 bits per heavy atom. The van der Waals surface area contributed by atoms with Crippen molar-refractivity contribution in [2.24, 2.45) is 11.8 Å². The van der Waals surface area contributed by atoms with Gasteiger partial charge >= 0.3 is 0 Å². The van der Waals surface area contributed by atoms with Crippen LogP contribution in [0.3, 0.4) is 0 Å². The lowest BCUT2D eigenvalue weighted by Gasteiger charge is -2.36. The number of rotatable bonds is 1. The maximum absolute atomic E-state index is 4.60. The highest BCUT2D eigenvalue weighted by molar-refractivity contribution is 7.18. The van der Waals surface area contributed by atoms with Crippen molar-refractivity contribution >= 4 is 27.4 Å². The third-order valence-corrected chi connectivity index (χ3v) is 5.23. The Labute approximate surface area is 118 Å². The fourth-order valence-corrected chi connectivity index (χ4v) is 4.23. The molecule has 1 aliphatic rings. The van der Waals surface area contributed by atoms with Crippen LogP contribution in [-0.4, -0.2) is 23.1 Å². The molecule has 0 bridgehead atoms. The van der Waals surface area contributed by atoms with Gasteiger partial charge in [0.25, 0.3) is 0 Å². The van der Waals surface area contributed by atoms with Crippen molar-refractivity contribution in [3.05, 3.63) is 16.8 Å². The van der Waals surface area contributed by atoms with Crippen molar-refractivity contribution in [3.8, 4) is 0 Å². The maximum Gasteiger partial charge on any atom is 0.141 e. The van der Waals surface area contributed by atoms with E-state index in [-0.39, 0.29) is 0 Å². The first-order valence-corrected chi connectivity index (χ1v) is 7.83. The van der Waals surface area contributed by atoms with E-state index in [2.05, 4.69) is 42.6 Å². The molecule has 2 unspecified atom stereocenters. The lowest BCUT2D eigenvalue weighted by molar-refractivity contribution is 0.356. The van der Waals surface area contributed by atoms with E-state index < -0.39 is 0 Å². The van der Waals surface area contributed by atoms with Crippen LogP contribution >= 0.6 is 11.3 Å². The van der Waals surface area contributed by atoms with Crippen LogP contribution in [-0.2, 0) is 0 Å². The number of nitrogens with zero attached hydrogens (tertiary/aromatic N) is 3. The third kappa shape index (κ3) is 2.22. The number of hydrogen-bond donors (Lipinski definition) is 0. The fourth-order valence-electron chi connectivity index (χ4n) is 3.24. The summed E-state index contributed by atoms with van der Waals surface area (Å²) in [5.74, 6) is 2.63. The van der Waals surface area contributed by atoms with E-state index in [1.807, 2.05) is 0 Å². The molecular weight excluding hydrogens is 254 g/mol. The molecule has 2 atom stereocenters. The lowest BCUT2D eigenvalue weighted by Crippen LogP contribution is -2.39. The summed E-state index contributed by atoms with van der Waals surface area (Å²) in [4.78, 5) is 14.0. The fraction of sp³-hybridized carbons (Fsp3) is 0.600. The molecule has 1 aliphatic heterocycles. The number of aryl methyl sites for hydroxylation is 2. The first-order chi connectivity index (χ1) is 9.06. The molecule has 3 nitrogen and oxygen atoms in total. The van der Waals surface area contributed by atoms with Gasteiger partial charge in [-0.1, -0.05) is 13.8 Å². The van der Waals surface area contributed by atoms with Gasteiger partial charge in [-0.2, -0.15) is 0 Å². The van der Waals surface area contributed by atoms with E-state index in [0.717, 1.165) is 35.6 Å². The van der Waals surface area contributed by atoms with Gasteiger partial charge in [0.2, 0.25) is 0 Å². The summed E-state index contributed by atoms with van der Waals surface area (Å²) in [5, 5.41) is 1.27. The molecule has 0 spiro atoms. The zero-order chi connectivity index (χ0) is 13.6. The Morgan fingerprint density at radius 1 is 1.16 bits per heavy atom. The Balaban J connectivity index is 2.09. The monoisotopic (exact) mass is 275 g/mol. The van der Waals surface area contributed by atoms with Gasteiger partial charge in [0.05, 0.1) is 5.39 Å². The number of fused-ring (bicyclic) bond motifs is 1. The molecule has 3 heterocycles. The highest BCUT2D eigenvalue weighted by Crippen LogP contribution is 2.36. The van der Waals surface area contributed by atoms with Crippen molar-refractivity contribution in [3.63, 3.8) is 0 Å². The van der Waals surface area contributed by atoms with E-state index >= 15 is 0 Å². The highest BCUT2D eigenvalue weighted by Gasteiger charge is 2.25. The lowest BCUT2D eigenvalue weighted by atomic mass is 9.92. The van der Waals surface area contributed by atoms with Crippen LogP contribution in [0, 0.1) is 25.7 Å². The normalized spacial score (nSPS) is 24.1. The maximum atomic E-state index is 4.60. The van der Waals surface area contributed by atoms with E-state index in [9.17, 15) is 0 Å². The highest BCUT2D eigenvalue weighted by atomic mass is 32.1. The molecule has 0 N–H and O–H groups in total. The van der Waals surface area contributed by atoms with Crippen LogP contribution in [0.1, 0.15) is 30.7 Å². The van der Waals surface area contributed by atoms with Crippen molar-refractivity contribution < 1.29 is 0 Å². The summed E-state index contributed by atoms with van der Waals surface area (Å²) in [6, 6.07) is 0. The zero-order valence-corrected chi connectivity index (χ0v) is 12.9. The van der Waals surface area contributed by atoms with Gasteiger partial charge in [-0.05, 0) is 37.7 Å². The summed E-state index contributed by atoms with van der Waals surface area (Å²) in [5.41, 5.74) is 1.35. The SMILES string of the molecule is Cc1sc2ncnc(N3CC(C)CC(C)C3)c2c1C. The van der Waals surface area contributed by atoms with Gasteiger partial charge in [-0.15, -0.1) is 11.3 Å². The number of piperidine rings is 1. The molecule has 0 aliphatic carbocycles. The quantitative estimate of drug-likeness (QED) is 0.793. The average molecular weight is 275 g/mol. The molecule has 0 radical (unpaired) electrons. The minimum Gasteiger partial charge on any atom is -0.355 e. The Kier molecular flexibility index (Phi) is 3.21. The number of anilines is 1. The second-order valence-electron chi connectivity index (χ2n) is 6.01. The molecule has 1 fully saturated rings. The van der Waals surface area contributed by atoms with Gasteiger partial charge in [0, 0.05) is 18.0 Å². The Morgan fingerprint density at radius 2 is 1.84 bits per heavy atom. The topological polar surface area (TPSA) is 29.0 Å². The molecule has 0 amide bonds. The molecule has 4 heteroatoms. The van der Waals surface area contributed by atoms with Gasteiger partial charge in [-0.3, -0.25) is 0 Å². The van der Waals surface area contributed by atoms with Crippen molar-refractivity contribution in [2.45, 2.75) is 34.1 Å². The van der Waals surface area contributed by atoms with Crippen molar-refractivity contribution in [1.29, 1.82) is 0 Å². The number of hydrogen-bond acceptors (Lipinski definition) is 4. The van der Waals surface area contributed by atoms with Crippen molar-refractivity contribution in [2.75, 3.05) is 18.0 Å². The van der Waals surface area contributed by atoms with Crippen LogP contribution < -0.4 is 4.90 Å². The van der Waals surface area contributed by atoms with Gasteiger partial charge in [-0.25, -0.2) is 9.97 Å². The first-order valence-electron chi connectivity index (χ1n) is 7.02. The molecule has 2 aromatic rings. The van der Waals surface area contributed by atoms with Crippen LogP contribution in [0.4, 0.5) is 5.82 Å². The van der Waals surface area contributed by atoms with Crippen LogP contribution in [0.5, 0.6) is 0 Å². The summed E-state index contributed by atoms with van der Waals surface area (Å²) in [7, 11) is 0. The Hall–Kier alpha value is -1.16. The van der Waals surface area contributed by atoms with Crippen LogP contribution in [0.15, 0.2) is 6.33 Å². The summed E-state index contributed by atoms with van der Waals surface area (Å²) >= 11 is 1.78. The first kappa shape index (κ1) is 12.9. The van der Waals surface area contributed by atoms with Crippen LogP contribution in [0.25, 0.3) is 10.2 Å². The average Bonchev–Trinajstić information content (AvgIpc) is 2.64. The predicted octanol–water partition coefficient (Wildman–Crippen LogP) is 3.79. The number of aromatic nitrogens is 2. The van der Waals surface area contributed by atoms with Gasteiger partial charge < -0.3 is 4.90 Å². The molecule has 3 rings (SSSR count). The molecule has 19 heavy (non-hydrogen) atoms. The molecule has 0 aromatic carbocycles. The van der Waals surface area contributed by atoms with Gasteiger partial charge in [0.15, 0.2) is 0 Å². The second-order valence-corrected chi connectivity index (χ2v) is 7.21. The molecule has 0 saturated carbocycles. The largest absolute Gasteiger partial charge is 0.355 e. The minimum absolute atomic E-state index is 0.744. The molecular formula is C15H21N3S. The molecule has 102 valence electrons. The molecule has 1 saturated heterocycles. The summed E-state index contributed by atoms with van der Waals surface area (Å²) < 4.78 is 0. The standard InChI is InChI=1S/C15H21N3S/c1-9-5-10(2)7-18(6-9)14-13-11(3)12(4)19-15(13)17-8-16-14/h8-10H,5-7H2,1-4H3. The van der Waals surface area contributed by atoms with Crippen molar-refractivity contribution in [1.82, 2.24) is 9.97 Å². The Bertz CT molecular complexity index is 595. The second kappa shape index (κ2) is 4.75. The van der Waals surface area contributed by atoms with E-state index in [0.29, 0.717) is 0 Å². The van der Waals surface area contributed by atoms with E-state index in [1.165, 1.54) is 22.2 Å². The predicted molar refractivity (Wildman–Crippen MR) is 82.0 cm³/mol. The third-order valence-electron chi connectivity index (χ3n) is 4.11. The summed E-state index contributed by atoms with van der Waals surface area (Å²) in [6.07, 6.45) is 3.04. The van der Waals surface area contributed by atoms with E-state index in [1.54, 1.807) is 17.7 Å². The molecule has 2 aromatic heterocycles. The van der Waals surface area contributed by atoms with E-state index in [4.69, 9.17) is 0 Å². The van der Waals surface area contributed by atoms with Gasteiger partial charge in [0.1, 0.15) is 17.0 Å². The summed E-state index contributed by atoms with van der Waals surface area (Å²) in [6.45, 7) is 11.3. The smallest absolute Gasteiger partial charge is 0.141 e. The number of thiophene rings is 1. The van der Waals surface area contributed by atoms with Crippen LogP contribution in [0.2, 0.25) is 0 Å². The zero-order valence-electron chi connectivity index (χ0n) is 12.1.